The summed E-state index contributed by atoms with van der Waals surface area (Å²) in [5.41, 5.74) is 2.86. The Bertz CT molecular complexity index is 708. The average molecular weight is 336 g/mol. The molecule has 0 radical (unpaired) electrons. The predicted octanol–water partition coefficient (Wildman–Crippen LogP) is 1.90. The van der Waals surface area contributed by atoms with Crippen LogP contribution < -0.4 is 0 Å². The highest BCUT2D eigenvalue weighted by Crippen LogP contribution is 2.21. The van der Waals surface area contributed by atoms with E-state index in [0.29, 0.717) is 0 Å². The van der Waals surface area contributed by atoms with Gasteiger partial charge in [0.05, 0.1) is 17.9 Å². The molecule has 1 fully saturated rings. The van der Waals surface area contributed by atoms with Gasteiger partial charge in [0.1, 0.15) is 5.82 Å². The van der Waals surface area contributed by atoms with Crippen molar-refractivity contribution >= 4 is 10.8 Å². The normalized spacial score (nSPS) is 18.2. The highest BCUT2D eigenvalue weighted by Gasteiger charge is 2.18. The second kappa shape index (κ2) is 6.88. The summed E-state index contributed by atoms with van der Waals surface area (Å²) in [6.07, 6.45) is 1.94. The zero-order chi connectivity index (χ0) is 16.4. The van der Waals surface area contributed by atoms with Gasteiger partial charge in [0.25, 0.3) is 0 Å². The van der Waals surface area contributed by atoms with Crippen molar-refractivity contribution < 1.29 is 8.60 Å². The first kappa shape index (κ1) is 16.3. The minimum absolute atomic E-state index is 0.00529. The van der Waals surface area contributed by atoms with E-state index in [2.05, 4.69) is 15.2 Å². The van der Waals surface area contributed by atoms with Crippen molar-refractivity contribution in [2.75, 3.05) is 24.6 Å². The monoisotopic (exact) mass is 336 g/mol. The Balaban J connectivity index is 1.69. The van der Waals surface area contributed by atoms with Gasteiger partial charge in [-0.15, -0.1) is 5.10 Å². The number of aryl methyl sites for hydroxylation is 1. The van der Waals surface area contributed by atoms with Crippen LogP contribution in [0.4, 0.5) is 4.39 Å². The van der Waals surface area contributed by atoms with Gasteiger partial charge in [-0.25, -0.2) is 9.07 Å². The Kier molecular flexibility index (Phi) is 4.87. The lowest BCUT2D eigenvalue weighted by Gasteiger charge is -2.24. The first-order valence-corrected chi connectivity index (χ1v) is 9.26. The molecule has 0 aliphatic carbocycles. The third kappa shape index (κ3) is 3.84. The molecule has 0 N–H and O–H groups in total. The van der Waals surface area contributed by atoms with Crippen LogP contribution in [0.1, 0.15) is 29.8 Å². The van der Waals surface area contributed by atoms with Gasteiger partial charge in [0.2, 0.25) is 0 Å². The standard InChI is InChI=1S/C16H21FN4OS/c1-12-9-14(17)3-4-16(12)13(2)21-11-15(18-19-21)10-20-5-7-23(22)8-6-20/h3-4,9,11,13H,5-8,10H2,1-2H3/t13-/m0/s1. The van der Waals surface area contributed by atoms with E-state index in [1.165, 1.54) is 12.1 Å². The molecular weight excluding hydrogens is 315 g/mol. The van der Waals surface area contributed by atoms with Gasteiger partial charge in [0, 0.05) is 41.9 Å². The number of hydrogen-bond donors (Lipinski definition) is 0. The molecule has 7 heteroatoms. The molecule has 1 aromatic carbocycles. The fourth-order valence-corrected chi connectivity index (χ4v) is 4.02. The summed E-state index contributed by atoms with van der Waals surface area (Å²) in [6, 6.07) is 4.82. The second-order valence-corrected chi connectivity index (χ2v) is 7.69. The third-order valence-corrected chi connectivity index (χ3v) is 5.57. The lowest BCUT2D eigenvalue weighted by atomic mass is 10.0. The van der Waals surface area contributed by atoms with E-state index in [1.54, 1.807) is 6.07 Å². The van der Waals surface area contributed by atoms with Crippen LogP contribution in [0.2, 0.25) is 0 Å². The van der Waals surface area contributed by atoms with E-state index < -0.39 is 10.8 Å². The maximum absolute atomic E-state index is 13.2. The smallest absolute Gasteiger partial charge is 0.123 e. The predicted molar refractivity (Wildman–Crippen MR) is 88.1 cm³/mol. The third-order valence-electron chi connectivity index (χ3n) is 4.29. The molecule has 2 heterocycles. The Morgan fingerprint density at radius 3 is 2.78 bits per heavy atom. The summed E-state index contributed by atoms with van der Waals surface area (Å²) in [5.74, 6) is 1.25. The average Bonchev–Trinajstić information content (AvgIpc) is 2.97. The Morgan fingerprint density at radius 2 is 2.09 bits per heavy atom. The van der Waals surface area contributed by atoms with Gasteiger partial charge in [-0.1, -0.05) is 11.3 Å². The van der Waals surface area contributed by atoms with Gasteiger partial charge in [-0.05, 0) is 37.1 Å². The van der Waals surface area contributed by atoms with Crippen LogP contribution in [0, 0.1) is 12.7 Å². The molecule has 5 nitrogen and oxygen atoms in total. The molecule has 1 saturated heterocycles. The van der Waals surface area contributed by atoms with E-state index in [-0.39, 0.29) is 11.9 Å². The Morgan fingerprint density at radius 1 is 1.35 bits per heavy atom. The fourth-order valence-electron chi connectivity index (χ4n) is 2.89. The summed E-state index contributed by atoms with van der Waals surface area (Å²) in [7, 11) is -0.664. The van der Waals surface area contributed by atoms with Crippen LogP contribution >= 0.6 is 0 Å². The zero-order valence-corrected chi connectivity index (χ0v) is 14.2. The summed E-state index contributed by atoms with van der Waals surface area (Å²) in [6.45, 7) is 6.34. The van der Waals surface area contributed by atoms with Gasteiger partial charge in [-0.2, -0.15) is 0 Å². The Hall–Kier alpha value is -1.60. The molecule has 0 saturated carbocycles. The number of nitrogens with zero attached hydrogens (tertiary/aromatic N) is 4. The van der Waals surface area contributed by atoms with E-state index in [1.807, 2.05) is 24.7 Å². The van der Waals surface area contributed by atoms with Crippen molar-refractivity contribution in [1.82, 2.24) is 19.9 Å². The molecule has 1 atom stereocenters. The van der Waals surface area contributed by atoms with Crippen LogP contribution in [0.5, 0.6) is 0 Å². The number of rotatable bonds is 4. The SMILES string of the molecule is Cc1cc(F)ccc1[C@H](C)n1cc(CN2CCS(=O)CC2)nn1. The highest BCUT2D eigenvalue weighted by molar-refractivity contribution is 7.85. The molecule has 23 heavy (non-hydrogen) atoms. The zero-order valence-electron chi connectivity index (χ0n) is 13.4. The summed E-state index contributed by atoms with van der Waals surface area (Å²) in [4.78, 5) is 2.25. The van der Waals surface area contributed by atoms with Crippen LogP contribution in [0.3, 0.4) is 0 Å². The first-order valence-electron chi connectivity index (χ1n) is 7.77. The van der Waals surface area contributed by atoms with Crippen LogP contribution in [0.15, 0.2) is 24.4 Å². The fraction of sp³-hybridized carbons (Fsp3) is 0.500. The van der Waals surface area contributed by atoms with Gasteiger partial charge in [0.15, 0.2) is 0 Å². The molecule has 0 spiro atoms. The lowest BCUT2D eigenvalue weighted by molar-refractivity contribution is 0.288. The van der Waals surface area contributed by atoms with Gasteiger partial charge in [-0.3, -0.25) is 9.11 Å². The maximum Gasteiger partial charge on any atom is 0.123 e. The lowest BCUT2D eigenvalue weighted by Crippen LogP contribution is -2.37. The molecule has 0 bridgehead atoms. The van der Waals surface area contributed by atoms with Gasteiger partial charge >= 0.3 is 0 Å². The quantitative estimate of drug-likeness (QED) is 0.856. The topological polar surface area (TPSA) is 51.0 Å². The number of aromatic nitrogens is 3. The first-order chi connectivity index (χ1) is 11.0. The maximum atomic E-state index is 13.2. The Labute approximate surface area is 137 Å². The minimum Gasteiger partial charge on any atom is -0.296 e. The molecular formula is C16H21FN4OS. The molecule has 1 aliphatic heterocycles. The van der Waals surface area contributed by atoms with Crippen LogP contribution in [-0.4, -0.2) is 48.7 Å². The van der Waals surface area contributed by atoms with Crippen molar-refractivity contribution in [2.24, 2.45) is 0 Å². The minimum atomic E-state index is -0.664. The molecule has 2 aromatic rings. The largest absolute Gasteiger partial charge is 0.296 e. The summed E-state index contributed by atoms with van der Waals surface area (Å²) >= 11 is 0. The van der Waals surface area contributed by atoms with E-state index in [0.717, 1.165) is 48.0 Å². The molecule has 0 unspecified atom stereocenters. The molecule has 1 aromatic heterocycles. The van der Waals surface area contributed by atoms with Crippen LogP contribution in [0.25, 0.3) is 0 Å². The van der Waals surface area contributed by atoms with Crippen molar-refractivity contribution in [3.63, 3.8) is 0 Å². The molecule has 0 amide bonds. The number of benzene rings is 1. The second-order valence-electron chi connectivity index (χ2n) is 5.99. The number of hydrogen-bond acceptors (Lipinski definition) is 4. The van der Waals surface area contributed by atoms with Crippen LogP contribution in [-0.2, 0) is 17.3 Å². The van der Waals surface area contributed by atoms with E-state index in [9.17, 15) is 8.60 Å². The van der Waals surface area contributed by atoms with Crippen molar-refractivity contribution in [2.45, 2.75) is 26.4 Å². The van der Waals surface area contributed by atoms with Crippen molar-refractivity contribution in [1.29, 1.82) is 0 Å². The number of halogens is 1. The van der Waals surface area contributed by atoms with Crippen molar-refractivity contribution in [3.05, 3.63) is 47.0 Å². The molecule has 3 rings (SSSR count). The summed E-state index contributed by atoms with van der Waals surface area (Å²) in [5, 5.41) is 8.47. The van der Waals surface area contributed by atoms with E-state index >= 15 is 0 Å². The summed E-state index contributed by atoms with van der Waals surface area (Å²) < 4.78 is 26.5. The van der Waals surface area contributed by atoms with E-state index in [4.69, 9.17) is 0 Å². The van der Waals surface area contributed by atoms with Gasteiger partial charge < -0.3 is 0 Å². The molecule has 1 aliphatic rings. The highest BCUT2D eigenvalue weighted by atomic mass is 32.2. The van der Waals surface area contributed by atoms with Crippen molar-refractivity contribution in [3.8, 4) is 0 Å². The molecule has 124 valence electrons.